The van der Waals surface area contributed by atoms with Crippen LogP contribution in [0.4, 0.5) is 0 Å². The van der Waals surface area contributed by atoms with E-state index in [0.29, 0.717) is 6.42 Å². The summed E-state index contributed by atoms with van der Waals surface area (Å²) in [6, 6.07) is 16.7. The molecular formula is C25H24N4O. The number of Topliss-reactive ketones (excluding diaryl/α,β-unsaturated/α-hetero) is 1. The largest absolute Gasteiger partial charge is 0.298 e. The molecule has 0 amide bonds. The molecule has 1 aromatic carbocycles. The van der Waals surface area contributed by atoms with E-state index in [1.165, 1.54) is 5.56 Å². The van der Waals surface area contributed by atoms with Gasteiger partial charge in [0.15, 0.2) is 5.78 Å². The molecule has 0 saturated heterocycles. The molecule has 5 heteroatoms. The second-order valence-electron chi connectivity index (χ2n) is 8.60. The van der Waals surface area contributed by atoms with E-state index in [1.54, 1.807) is 6.20 Å². The Bertz CT molecular complexity index is 1150. The maximum Gasteiger partial charge on any atom is 0.153 e. The van der Waals surface area contributed by atoms with E-state index in [9.17, 15) is 10.1 Å². The molecule has 0 spiro atoms. The average molecular weight is 396 g/mol. The number of hydrogen-bond donors (Lipinski definition) is 0. The van der Waals surface area contributed by atoms with Gasteiger partial charge in [0.1, 0.15) is 5.92 Å². The predicted octanol–water partition coefficient (Wildman–Crippen LogP) is 4.08. The van der Waals surface area contributed by atoms with Gasteiger partial charge >= 0.3 is 0 Å². The number of fused-ring (bicyclic) bond motifs is 3. The van der Waals surface area contributed by atoms with Crippen molar-refractivity contribution in [3.8, 4) is 17.3 Å². The quantitative estimate of drug-likeness (QED) is 0.654. The summed E-state index contributed by atoms with van der Waals surface area (Å²) in [6.07, 6.45) is 5.94. The molecule has 0 N–H and O–H groups in total. The molecule has 0 aliphatic heterocycles. The Morgan fingerprint density at radius 3 is 2.70 bits per heavy atom. The number of nitriles is 1. The molecule has 150 valence electrons. The maximum absolute atomic E-state index is 12.9. The van der Waals surface area contributed by atoms with Crippen LogP contribution in [0.15, 0.2) is 54.9 Å². The highest BCUT2D eigenvalue weighted by Crippen LogP contribution is 2.56. The summed E-state index contributed by atoms with van der Waals surface area (Å²) in [5.74, 6) is -0.547. The van der Waals surface area contributed by atoms with Gasteiger partial charge in [0.25, 0.3) is 0 Å². The van der Waals surface area contributed by atoms with Crippen molar-refractivity contribution in [3.05, 3.63) is 71.7 Å². The maximum atomic E-state index is 12.9. The van der Waals surface area contributed by atoms with Gasteiger partial charge < -0.3 is 0 Å². The lowest BCUT2D eigenvalue weighted by Crippen LogP contribution is -2.52. The van der Waals surface area contributed by atoms with Crippen molar-refractivity contribution < 1.29 is 4.79 Å². The van der Waals surface area contributed by atoms with Crippen LogP contribution in [0.2, 0.25) is 0 Å². The van der Waals surface area contributed by atoms with Gasteiger partial charge in [-0.3, -0.25) is 14.5 Å². The fourth-order valence-corrected chi connectivity index (χ4v) is 5.93. The van der Waals surface area contributed by atoms with Crippen molar-refractivity contribution in [2.24, 2.45) is 24.8 Å². The minimum absolute atomic E-state index is 0.0842. The fraction of sp³-hybridized carbons (Fsp3) is 0.360. The summed E-state index contributed by atoms with van der Waals surface area (Å²) >= 11 is 0. The molecule has 1 saturated carbocycles. The van der Waals surface area contributed by atoms with Gasteiger partial charge in [-0.2, -0.15) is 10.4 Å². The van der Waals surface area contributed by atoms with Crippen LogP contribution in [0, 0.1) is 29.1 Å². The number of carbonyl (C=O) groups excluding carboxylic acids is 1. The lowest BCUT2D eigenvalue weighted by atomic mass is 9.51. The molecule has 4 atom stereocenters. The zero-order valence-electron chi connectivity index (χ0n) is 17.2. The number of benzene rings is 1. The van der Waals surface area contributed by atoms with Crippen LogP contribution in [0.5, 0.6) is 0 Å². The number of nitrogens with zero attached hydrogens (tertiary/aromatic N) is 4. The van der Waals surface area contributed by atoms with Crippen LogP contribution in [0.1, 0.15) is 36.6 Å². The molecule has 5 rings (SSSR count). The molecule has 3 aromatic rings. The summed E-state index contributed by atoms with van der Waals surface area (Å²) in [6.45, 7) is 2.00. The van der Waals surface area contributed by atoms with Crippen molar-refractivity contribution in [3.63, 3.8) is 0 Å². The number of ketones is 1. The van der Waals surface area contributed by atoms with Crippen molar-refractivity contribution in [1.82, 2.24) is 14.8 Å². The summed E-state index contributed by atoms with van der Waals surface area (Å²) in [5, 5.41) is 14.9. The Hall–Kier alpha value is -3.26. The third kappa shape index (κ3) is 2.50. The first kappa shape index (κ1) is 18.7. The van der Waals surface area contributed by atoms with E-state index in [2.05, 4.69) is 29.3 Å². The van der Waals surface area contributed by atoms with Gasteiger partial charge in [0, 0.05) is 41.9 Å². The third-order valence-corrected chi connectivity index (χ3v) is 7.21. The normalized spacial score (nSPS) is 27.8. The average Bonchev–Trinajstić information content (AvgIpc) is 3.13. The van der Waals surface area contributed by atoms with Crippen LogP contribution in [-0.4, -0.2) is 20.5 Å². The van der Waals surface area contributed by atoms with Gasteiger partial charge in [-0.25, -0.2) is 0 Å². The lowest BCUT2D eigenvalue weighted by Gasteiger charge is -2.50. The molecule has 2 heterocycles. The molecule has 0 bridgehead atoms. The number of carbonyl (C=O) groups is 1. The van der Waals surface area contributed by atoms with Gasteiger partial charge in [-0.05, 0) is 42.9 Å². The Kier molecular flexibility index (Phi) is 4.32. The number of aryl methyl sites for hydroxylation is 1. The Balaban J connectivity index is 1.79. The van der Waals surface area contributed by atoms with Crippen LogP contribution in [-0.2, 0) is 23.7 Å². The first-order valence-corrected chi connectivity index (χ1v) is 10.5. The fourth-order valence-electron chi connectivity index (χ4n) is 5.93. The van der Waals surface area contributed by atoms with Gasteiger partial charge in [0.2, 0.25) is 0 Å². The van der Waals surface area contributed by atoms with E-state index >= 15 is 0 Å². The highest BCUT2D eigenvalue weighted by molar-refractivity contribution is 5.87. The van der Waals surface area contributed by atoms with Crippen LogP contribution >= 0.6 is 0 Å². The molecule has 1 unspecified atom stereocenters. The molecule has 1 fully saturated rings. The van der Waals surface area contributed by atoms with Gasteiger partial charge in [0.05, 0.1) is 17.5 Å². The van der Waals surface area contributed by atoms with E-state index in [-0.39, 0.29) is 17.6 Å². The highest BCUT2D eigenvalue weighted by Gasteiger charge is 2.57. The number of pyridine rings is 1. The Labute approximate surface area is 176 Å². The zero-order chi connectivity index (χ0) is 20.9. The highest BCUT2D eigenvalue weighted by atomic mass is 16.1. The van der Waals surface area contributed by atoms with Crippen molar-refractivity contribution in [2.75, 3.05) is 0 Å². The molecule has 2 aromatic heterocycles. The van der Waals surface area contributed by atoms with E-state index in [0.717, 1.165) is 35.4 Å². The number of rotatable bonds is 2. The second kappa shape index (κ2) is 6.91. The third-order valence-electron chi connectivity index (χ3n) is 7.21. The van der Waals surface area contributed by atoms with Crippen molar-refractivity contribution in [2.45, 2.75) is 31.6 Å². The Morgan fingerprint density at radius 1 is 1.20 bits per heavy atom. The number of hydrogen-bond acceptors (Lipinski definition) is 4. The zero-order valence-corrected chi connectivity index (χ0v) is 17.2. The molecule has 2 aliphatic rings. The molecule has 0 radical (unpaired) electrons. The van der Waals surface area contributed by atoms with Crippen LogP contribution in [0.3, 0.4) is 0 Å². The molecule has 5 nitrogen and oxygen atoms in total. The van der Waals surface area contributed by atoms with E-state index in [4.69, 9.17) is 5.10 Å². The number of aromatic nitrogens is 3. The summed E-state index contributed by atoms with van der Waals surface area (Å²) in [4.78, 5) is 17.2. The minimum Gasteiger partial charge on any atom is -0.298 e. The van der Waals surface area contributed by atoms with E-state index < -0.39 is 11.3 Å². The SMILES string of the molecule is C[C@@H]1C(=O)C(C#N)C[C@]2(c3ccccc3)c3nn(C)c(-c4cccnc4)c3CC[C@@H]12. The molecular weight excluding hydrogens is 372 g/mol. The van der Waals surface area contributed by atoms with Gasteiger partial charge in [-0.1, -0.05) is 37.3 Å². The predicted molar refractivity (Wildman–Crippen MR) is 113 cm³/mol. The smallest absolute Gasteiger partial charge is 0.153 e. The summed E-state index contributed by atoms with van der Waals surface area (Å²) < 4.78 is 1.96. The standard InChI is InChI=1S/C25H24N4O/c1-16-21-11-10-20-22(17-7-6-12-27-15-17)29(2)28-24(20)25(21,13-18(14-26)23(16)30)19-8-4-3-5-9-19/h3-9,12,15-16,18,21H,10-11,13H2,1-2H3/t16-,18?,21-,25+/m0/s1. The van der Waals surface area contributed by atoms with Crippen LogP contribution in [0.25, 0.3) is 11.3 Å². The lowest BCUT2D eigenvalue weighted by molar-refractivity contribution is -0.131. The first-order valence-electron chi connectivity index (χ1n) is 10.5. The summed E-state index contributed by atoms with van der Waals surface area (Å²) in [7, 11) is 1.98. The topological polar surface area (TPSA) is 71.6 Å². The summed E-state index contributed by atoms with van der Waals surface area (Å²) in [5.41, 5.74) is 5.12. The van der Waals surface area contributed by atoms with E-state index in [1.807, 2.05) is 49.1 Å². The van der Waals surface area contributed by atoms with Crippen molar-refractivity contribution >= 4 is 5.78 Å². The Morgan fingerprint density at radius 2 is 2.00 bits per heavy atom. The van der Waals surface area contributed by atoms with Crippen LogP contribution < -0.4 is 0 Å². The second-order valence-corrected chi connectivity index (χ2v) is 8.60. The van der Waals surface area contributed by atoms with Crippen molar-refractivity contribution in [1.29, 1.82) is 5.26 Å². The minimum atomic E-state index is -0.605. The monoisotopic (exact) mass is 396 g/mol. The first-order chi connectivity index (χ1) is 14.6. The molecule has 2 aliphatic carbocycles. The molecule has 30 heavy (non-hydrogen) atoms. The van der Waals surface area contributed by atoms with Gasteiger partial charge in [-0.15, -0.1) is 0 Å².